The van der Waals surface area contributed by atoms with E-state index in [0.29, 0.717) is 75.9 Å². The third-order valence-corrected chi connectivity index (χ3v) is 13.7. The molecule has 6 atom stereocenters. The Labute approximate surface area is 413 Å². The number of nitrogen functional groups attached to an aromatic ring is 1. The molecule has 2 unspecified atom stereocenters. The second kappa shape index (κ2) is 21.6. The van der Waals surface area contributed by atoms with Crippen LogP contribution in [0.3, 0.4) is 0 Å². The van der Waals surface area contributed by atoms with Crippen molar-refractivity contribution in [3.63, 3.8) is 0 Å². The van der Waals surface area contributed by atoms with Gasteiger partial charge in [-0.05, 0) is 135 Å². The lowest BCUT2D eigenvalue weighted by Crippen LogP contribution is -2.19. The molecule has 5 N–H and O–H groups in total. The first-order chi connectivity index (χ1) is 33.2. The van der Waals surface area contributed by atoms with Gasteiger partial charge in [-0.15, -0.1) is 0 Å². The second-order valence-electron chi connectivity index (χ2n) is 17.6. The molecule has 6 aromatic rings. The number of ether oxygens (including phenoxy) is 2. The molecule has 69 heavy (non-hydrogen) atoms. The largest absolute Gasteiger partial charge is 0.491 e. The molecule has 0 radical (unpaired) electrons. The van der Waals surface area contributed by atoms with Crippen molar-refractivity contribution in [1.29, 1.82) is 0 Å². The minimum atomic E-state index is -0.509. The minimum Gasteiger partial charge on any atom is -0.491 e. The van der Waals surface area contributed by atoms with E-state index in [4.69, 9.17) is 50.0 Å². The Morgan fingerprint density at radius 1 is 0.710 bits per heavy atom. The van der Waals surface area contributed by atoms with Crippen molar-refractivity contribution in [3.8, 4) is 11.5 Å². The van der Waals surface area contributed by atoms with Gasteiger partial charge in [-0.3, -0.25) is 9.59 Å². The van der Waals surface area contributed by atoms with Crippen molar-refractivity contribution >= 4 is 102 Å². The van der Waals surface area contributed by atoms with E-state index in [-0.39, 0.29) is 16.0 Å². The summed E-state index contributed by atoms with van der Waals surface area (Å²) in [5, 5.41) is 10.1. The first kappa shape index (κ1) is 49.3. The van der Waals surface area contributed by atoms with E-state index in [1.54, 1.807) is 30.3 Å². The highest BCUT2D eigenvalue weighted by atomic mass is 35.5. The van der Waals surface area contributed by atoms with Gasteiger partial charge >= 0.3 is 0 Å². The van der Waals surface area contributed by atoms with Gasteiger partial charge in [-0.2, -0.15) is 0 Å². The fraction of sp³-hybridized carbons (Fsp3) is 0.320. The molecule has 2 saturated carbocycles. The van der Waals surface area contributed by atoms with Gasteiger partial charge in [0.25, 0.3) is 0 Å². The highest BCUT2D eigenvalue weighted by Crippen LogP contribution is 2.54. The van der Waals surface area contributed by atoms with E-state index >= 15 is 0 Å². The van der Waals surface area contributed by atoms with Crippen molar-refractivity contribution in [1.82, 2.24) is 29.7 Å². The number of likely N-dealkylation sites (tertiary alicyclic amines) is 2. The van der Waals surface area contributed by atoms with Crippen LogP contribution in [-0.4, -0.2) is 94.4 Å². The normalized spacial score (nSPS) is 20.9. The number of allylic oxidation sites excluding steroid dienone is 1. The molecule has 4 heterocycles. The van der Waals surface area contributed by atoms with Crippen LogP contribution in [0.2, 0.25) is 10.0 Å². The molecule has 0 spiro atoms. The third-order valence-electron chi connectivity index (χ3n) is 13.0. The van der Waals surface area contributed by atoms with Crippen LogP contribution in [0.15, 0.2) is 98.6 Å². The lowest BCUT2D eigenvalue weighted by molar-refractivity contribution is -0.112. The zero-order valence-corrected chi connectivity index (χ0v) is 40.2. The SMILES string of the molecule is C=CC(=O)Cl.C=CC(=O)Nc1cc2c(Nc3ccc(F)c(Cl)c3)ncnc2cc1OCCC1[C@H]2CN(C)C[C@@H]12.CN1C[C@@H]2C(CCOc3cc4ncnc(Nc5ccc(F)c(Cl)c5)c4cc3N)[C@@H]2C1. The number of nitrogens with zero attached hydrogens (tertiary/aromatic N) is 6. The van der Waals surface area contributed by atoms with Crippen molar-refractivity contribution in [2.24, 2.45) is 35.5 Å². The van der Waals surface area contributed by atoms with E-state index in [1.807, 2.05) is 6.07 Å². The summed E-state index contributed by atoms with van der Waals surface area (Å²) in [4.78, 5) is 43.7. The van der Waals surface area contributed by atoms with Crippen LogP contribution in [0, 0.1) is 47.1 Å². The molecular weight excluding hydrogens is 949 g/mol. The number of nitrogens with two attached hydrogens (primary N) is 1. The molecule has 2 saturated heterocycles. The Kier molecular flexibility index (Phi) is 15.4. The van der Waals surface area contributed by atoms with Crippen LogP contribution in [0.1, 0.15) is 12.8 Å². The number of benzene rings is 4. The molecule has 2 aromatic heterocycles. The number of carbonyl (C=O) groups excluding carboxylic acids is 2. The van der Waals surface area contributed by atoms with Gasteiger partial charge in [0, 0.05) is 60.5 Å². The zero-order valence-electron chi connectivity index (χ0n) is 37.9. The Morgan fingerprint density at radius 2 is 1.16 bits per heavy atom. The first-order valence-corrected chi connectivity index (χ1v) is 23.5. The predicted octanol–water partition coefficient (Wildman–Crippen LogP) is 10.1. The maximum atomic E-state index is 13.5. The molecule has 2 aliphatic carbocycles. The van der Waals surface area contributed by atoms with Gasteiger partial charge < -0.3 is 41.0 Å². The highest BCUT2D eigenvalue weighted by molar-refractivity contribution is 6.66. The fourth-order valence-corrected chi connectivity index (χ4v) is 9.88. The van der Waals surface area contributed by atoms with Crippen molar-refractivity contribution < 1.29 is 27.8 Å². The number of anilines is 6. The predicted molar refractivity (Wildman–Crippen MR) is 269 cm³/mol. The average molecular weight is 1000 g/mol. The Hall–Kier alpha value is -6.17. The number of piperidine rings is 2. The van der Waals surface area contributed by atoms with E-state index in [9.17, 15) is 18.4 Å². The average Bonchev–Trinajstić information content (AvgIpc) is 4.00. The highest BCUT2D eigenvalue weighted by Gasteiger charge is 2.54. The summed E-state index contributed by atoms with van der Waals surface area (Å²) in [5.74, 6) is 5.66. The van der Waals surface area contributed by atoms with Crippen LogP contribution in [-0.2, 0) is 9.59 Å². The molecule has 2 aliphatic heterocycles. The van der Waals surface area contributed by atoms with Crippen LogP contribution in [0.5, 0.6) is 11.5 Å². The molecule has 4 fully saturated rings. The number of hydrogen-bond acceptors (Lipinski definition) is 13. The maximum Gasteiger partial charge on any atom is 0.247 e. The number of hydrogen-bond donors (Lipinski definition) is 4. The van der Waals surface area contributed by atoms with Gasteiger partial charge in [-0.1, -0.05) is 36.4 Å². The van der Waals surface area contributed by atoms with E-state index < -0.39 is 16.9 Å². The molecule has 4 aromatic carbocycles. The third kappa shape index (κ3) is 12.0. The van der Waals surface area contributed by atoms with Gasteiger partial charge in [0.2, 0.25) is 11.1 Å². The first-order valence-electron chi connectivity index (χ1n) is 22.3. The van der Waals surface area contributed by atoms with Crippen LogP contribution >= 0.6 is 34.8 Å². The van der Waals surface area contributed by atoms with Crippen LogP contribution in [0.4, 0.5) is 43.2 Å². The molecule has 19 heteroatoms. The van der Waals surface area contributed by atoms with E-state index in [1.165, 1.54) is 56.1 Å². The standard InChI is InChI=1S/C25H25ClFN5O2.C22H23ClFN5O.C3H3ClO/c1-3-24(33)31-22-9-16-21(10-23(22)34-7-6-15-17-11-32(2)12-18(15)17)28-13-29-25(16)30-14-4-5-20(27)19(26)8-14;1-29-9-15-13(16(15)10-29)4-5-30-21-8-20-14(7-19(21)25)22(27-11-26-20)28-12-2-3-18(24)17(23)6-12;1-2-3(4)5/h3-5,8-10,13,15,17-18H,1,6-7,11-12H2,2H3,(H,31,33)(H,28,29,30);2-3,6-8,11,13,15-16H,4-5,9-10,25H2,1H3,(H,26,27,28);2H,1H2/t15?,17-,18+;13?,15-,16+;. The van der Waals surface area contributed by atoms with Gasteiger partial charge in [0.05, 0.1) is 45.7 Å². The number of fused-ring (bicyclic) bond motifs is 4. The molecule has 1 amide bonds. The second-order valence-corrected chi connectivity index (χ2v) is 18.8. The Bertz CT molecular complexity index is 2890. The smallest absolute Gasteiger partial charge is 0.247 e. The summed E-state index contributed by atoms with van der Waals surface area (Å²) >= 11 is 16.5. The number of nitrogens with one attached hydrogen (secondary N) is 3. The quantitative estimate of drug-likeness (QED) is 0.0436. The molecule has 14 nitrogen and oxygen atoms in total. The summed E-state index contributed by atoms with van der Waals surface area (Å²) in [7, 11) is 4.35. The number of carbonyl (C=O) groups is 2. The number of rotatable bonds is 15. The topological polar surface area (TPSA) is 173 Å². The molecule has 10 rings (SSSR count). The Balaban J connectivity index is 0.000000171. The summed E-state index contributed by atoms with van der Waals surface area (Å²) < 4.78 is 39.1. The van der Waals surface area contributed by atoms with E-state index in [0.717, 1.165) is 72.5 Å². The monoisotopic (exact) mass is 998 g/mol. The molecule has 0 bridgehead atoms. The Morgan fingerprint density at radius 3 is 1.61 bits per heavy atom. The van der Waals surface area contributed by atoms with Crippen molar-refractivity contribution in [2.75, 3.05) is 75.2 Å². The molecule has 360 valence electrons. The summed E-state index contributed by atoms with van der Waals surface area (Å²) in [5.41, 5.74) is 9.85. The number of halogens is 5. The van der Waals surface area contributed by atoms with Gasteiger partial charge in [0.1, 0.15) is 47.4 Å². The van der Waals surface area contributed by atoms with Crippen LogP contribution < -0.4 is 31.2 Å². The number of aromatic nitrogens is 4. The number of amides is 1. The zero-order chi connectivity index (χ0) is 48.9. The molecule has 4 aliphatic rings. The van der Waals surface area contributed by atoms with E-state index in [2.05, 4.69) is 72.9 Å². The van der Waals surface area contributed by atoms with Crippen molar-refractivity contribution in [2.45, 2.75) is 12.8 Å². The fourth-order valence-electron chi connectivity index (χ4n) is 9.52. The maximum absolute atomic E-state index is 13.5. The molecular formula is C50H51Cl3F2N10O4. The summed E-state index contributed by atoms with van der Waals surface area (Å²) in [6.45, 7) is 12.6. The summed E-state index contributed by atoms with van der Waals surface area (Å²) in [6, 6.07) is 15.9. The lowest BCUT2D eigenvalue weighted by Gasteiger charge is -2.16. The van der Waals surface area contributed by atoms with Crippen molar-refractivity contribution in [3.05, 3.63) is 120 Å². The van der Waals surface area contributed by atoms with Crippen LogP contribution in [0.25, 0.3) is 21.8 Å². The lowest BCUT2D eigenvalue weighted by atomic mass is 10.1. The summed E-state index contributed by atoms with van der Waals surface area (Å²) in [6.07, 6.45) is 7.19. The minimum absolute atomic E-state index is 0.00410. The van der Waals surface area contributed by atoms with Gasteiger partial charge in [-0.25, -0.2) is 28.7 Å². The van der Waals surface area contributed by atoms with Gasteiger partial charge in [0.15, 0.2) is 0 Å².